The quantitative estimate of drug-likeness (QED) is 0.872. The summed E-state index contributed by atoms with van der Waals surface area (Å²) in [6.45, 7) is 0. The molecule has 1 aliphatic carbocycles. The van der Waals surface area contributed by atoms with E-state index in [0.717, 1.165) is 12.8 Å². The Labute approximate surface area is 143 Å². The van der Waals surface area contributed by atoms with Crippen molar-refractivity contribution in [2.24, 2.45) is 0 Å². The van der Waals surface area contributed by atoms with Gasteiger partial charge in [0.15, 0.2) is 0 Å². The number of anilines is 1. The van der Waals surface area contributed by atoms with E-state index >= 15 is 0 Å². The van der Waals surface area contributed by atoms with E-state index in [9.17, 15) is 9.59 Å². The van der Waals surface area contributed by atoms with Crippen molar-refractivity contribution in [1.82, 2.24) is 5.32 Å². The zero-order chi connectivity index (χ0) is 16.4. The molecule has 2 N–H and O–H groups in total. The number of carbonyl (C=O) groups excluding carboxylic acids is 2. The topological polar surface area (TPSA) is 58.2 Å². The van der Waals surface area contributed by atoms with Gasteiger partial charge in [-0.1, -0.05) is 35.3 Å². The van der Waals surface area contributed by atoms with E-state index in [2.05, 4.69) is 10.6 Å². The van der Waals surface area contributed by atoms with Crippen LogP contribution >= 0.6 is 23.2 Å². The van der Waals surface area contributed by atoms with Gasteiger partial charge in [-0.3, -0.25) is 9.59 Å². The molecule has 0 bridgehead atoms. The third-order valence-corrected chi connectivity index (χ3v) is 4.13. The molecular weight excluding hydrogens is 335 g/mol. The van der Waals surface area contributed by atoms with Crippen molar-refractivity contribution < 1.29 is 9.59 Å². The molecule has 6 heteroatoms. The Hall–Kier alpha value is -2.04. The second-order valence-electron chi connectivity index (χ2n) is 5.38. The second-order valence-corrected chi connectivity index (χ2v) is 6.19. The lowest BCUT2D eigenvalue weighted by atomic mass is 10.1. The summed E-state index contributed by atoms with van der Waals surface area (Å²) in [6.07, 6.45) is 2.02. The number of amides is 2. The highest BCUT2D eigenvalue weighted by atomic mass is 35.5. The van der Waals surface area contributed by atoms with Crippen LogP contribution in [0.5, 0.6) is 0 Å². The Kier molecular flexibility index (Phi) is 4.55. The first-order valence-corrected chi connectivity index (χ1v) is 7.96. The van der Waals surface area contributed by atoms with Gasteiger partial charge >= 0.3 is 0 Å². The van der Waals surface area contributed by atoms with Crippen LogP contribution in [0.2, 0.25) is 10.0 Å². The molecule has 1 saturated carbocycles. The van der Waals surface area contributed by atoms with E-state index in [1.807, 2.05) is 0 Å². The molecule has 2 aromatic carbocycles. The average molecular weight is 349 g/mol. The zero-order valence-corrected chi connectivity index (χ0v) is 13.6. The third-order valence-electron chi connectivity index (χ3n) is 3.50. The van der Waals surface area contributed by atoms with Crippen molar-refractivity contribution in [3.05, 3.63) is 63.6 Å². The number of carbonyl (C=O) groups is 2. The van der Waals surface area contributed by atoms with Crippen LogP contribution in [0.25, 0.3) is 0 Å². The maximum absolute atomic E-state index is 12.4. The molecule has 118 valence electrons. The van der Waals surface area contributed by atoms with Gasteiger partial charge in [0.05, 0.1) is 15.7 Å². The standard InChI is InChI=1S/C17H14Cl2N2O2/c18-13-5-2-6-14(19)15(13)21-17(23)11-4-1-3-10(9-11)16(22)20-12-7-8-12/h1-6,9,12H,7-8H2,(H,20,22)(H,21,23). The van der Waals surface area contributed by atoms with E-state index in [4.69, 9.17) is 23.2 Å². The van der Waals surface area contributed by atoms with E-state index < -0.39 is 0 Å². The molecule has 0 aliphatic heterocycles. The Morgan fingerprint density at radius 1 is 0.913 bits per heavy atom. The van der Waals surface area contributed by atoms with Crippen molar-refractivity contribution in [3.63, 3.8) is 0 Å². The number of hydrogen-bond acceptors (Lipinski definition) is 2. The molecule has 0 heterocycles. The van der Waals surface area contributed by atoms with Crippen LogP contribution in [-0.2, 0) is 0 Å². The third kappa shape index (κ3) is 3.84. The number of hydrogen-bond donors (Lipinski definition) is 2. The van der Waals surface area contributed by atoms with Gasteiger partial charge in [-0.25, -0.2) is 0 Å². The number of halogens is 2. The van der Waals surface area contributed by atoms with Crippen molar-refractivity contribution in [2.75, 3.05) is 5.32 Å². The average Bonchev–Trinajstić information content (AvgIpc) is 3.35. The molecule has 1 fully saturated rings. The van der Waals surface area contributed by atoms with E-state index in [0.29, 0.717) is 26.9 Å². The second kappa shape index (κ2) is 6.60. The van der Waals surface area contributed by atoms with Crippen LogP contribution in [0.3, 0.4) is 0 Å². The van der Waals surface area contributed by atoms with E-state index in [1.165, 1.54) is 0 Å². The van der Waals surface area contributed by atoms with Gasteiger partial charge in [-0.2, -0.15) is 0 Å². The summed E-state index contributed by atoms with van der Waals surface area (Å²) in [5.41, 5.74) is 1.17. The van der Waals surface area contributed by atoms with Gasteiger partial charge in [0, 0.05) is 17.2 Å². The molecule has 0 spiro atoms. The van der Waals surface area contributed by atoms with Gasteiger partial charge in [0.2, 0.25) is 0 Å². The Bertz CT molecular complexity index is 753. The molecule has 0 atom stereocenters. The maximum atomic E-state index is 12.4. The molecule has 4 nitrogen and oxygen atoms in total. The monoisotopic (exact) mass is 348 g/mol. The van der Waals surface area contributed by atoms with E-state index in [-0.39, 0.29) is 17.9 Å². The maximum Gasteiger partial charge on any atom is 0.255 e. The molecule has 0 radical (unpaired) electrons. The lowest BCUT2D eigenvalue weighted by Gasteiger charge is -2.10. The van der Waals surface area contributed by atoms with Crippen LogP contribution in [0.1, 0.15) is 33.6 Å². The Morgan fingerprint density at radius 2 is 1.48 bits per heavy atom. The molecule has 3 rings (SSSR count). The predicted molar refractivity (Wildman–Crippen MR) is 91.3 cm³/mol. The summed E-state index contributed by atoms with van der Waals surface area (Å²) >= 11 is 12.1. The largest absolute Gasteiger partial charge is 0.349 e. The molecular formula is C17H14Cl2N2O2. The van der Waals surface area contributed by atoms with Crippen LogP contribution in [0.4, 0.5) is 5.69 Å². The normalized spacial score (nSPS) is 13.5. The molecule has 23 heavy (non-hydrogen) atoms. The summed E-state index contributed by atoms with van der Waals surface area (Å²) in [4.78, 5) is 24.4. The Morgan fingerprint density at radius 3 is 2.09 bits per heavy atom. The van der Waals surface area contributed by atoms with Crippen molar-refractivity contribution >= 4 is 40.7 Å². The first-order chi connectivity index (χ1) is 11.0. The van der Waals surface area contributed by atoms with Crippen LogP contribution in [0.15, 0.2) is 42.5 Å². The summed E-state index contributed by atoms with van der Waals surface area (Å²) in [6, 6.07) is 11.8. The lowest BCUT2D eigenvalue weighted by molar-refractivity contribution is 0.0951. The lowest BCUT2D eigenvalue weighted by Crippen LogP contribution is -2.25. The zero-order valence-electron chi connectivity index (χ0n) is 12.1. The summed E-state index contributed by atoms with van der Waals surface area (Å²) in [7, 11) is 0. The van der Waals surface area contributed by atoms with Gasteiger partial charge < -0.3 is 10.6 Å². The highest BCUT2D eigenvalue weighted by Crippen LogP contribution is 2.30. The molecule has 0 saturated heterocycles. The molecule has 2 amide bonds. The van der Waals surface area contributed by atoms with Gasteiger partial charge in [-0.15, -0.1) is 0 Å². The molecule has 2 aromatic rings. The van der Waals surface area contributed by atoms with E-state index in [1.54, 1.807) is 42.5 Å². The van der Waals surface area contributed by atoms with Crippen LogP contribution in [-0.4, -0.2) is 17.9 Å². The fraction of sp³-hybridized carbons (Fsp3) is 0.176. The molecule has 0 aromatic heterocycles. The SMILES string of the molecule is O=C(Nc1c(Cl)cccc1Cl)c1cccc(C(=O)NC2CC2)c1. The first-order valence-electron chi connectivity index (χ1n) is 7.21. The van der Waals surface area contributed by atoms with Crippen LogP contribution < -0.4 is 10.6 Å². The number of para-hydroxylation sites is 1. The first kappa shape index (κ1) is 15.8. The summed E-state index contributed by atoms with van der Waals surface area (Å²) in [5.74, 6) is -0.543. The predicted octanol–water partition coefficient (Wildman–Crippen LogP) is 4.14. The van der Waals surface area contributed by atoms with Crippen LogP contribution in [0, 0.1) is 0 Å². The fourth-order valence-electron chi connectivity index (χ4n) is 2.10. The molecule has 1 aliphatic rings. The van der Waals surface area contributed by atoms with Gasteiger partial charge in [0.1, 0.15) is 0 Å². The number of benzene rings is 2. The van der Waals surface area contributed by atoms with Gasteiger partial charge in [0.25, 0.3) is 11.8 Å². The van der Waals surface area contributed by atoms with Crippen molar-refractivity contribution in [1.29, 1.82) is 0 Å². The summed E-state index contributed by atoms with van der Waals surface area (Å²) < 4.78 is 0. The summed E-state index contributed by atoms with van der Waals surface area (Å²) in [5, 5.41) is 6.28. The van der Waals surface area contributed by atoms with Crippen molar-refractivity contribution in [3.8, 4) is 0 Å². The number of nitrogens with one attached hydrogen (secondary N) is 2. The van der Waals surface area contributed by atoms with Gasteiger partial charge in [-0.05, 0) is 43.2 Å². The minimum atomic E-state index is -0.374. The Balaban J connectivity index is 1.78. The highest BCUT2D eigenvalue weighted by molar-refractivity contribution is 6.40. The smallest absolute Gasteiger partial charge is 0.255 e. The minimum absolute atomic E-state index is 0.169. The molecule has 0 unspecified atom stereocenters. The number of rotatable bonds is 4. The fourth-order valence-corrected chi connectivity index (χ4v) is 2.59. The van der Waals surface area contributed by atoms with Crippen molar-refractivity contribution in [2.45, 2.75) is 18.9 Å². The minimum Gasteiger partial charge on any atom is -0.349 e. The highest BCUT2D eigenvalue weighted by Gasteiger charge is 2.24.